The van der Waals surface area contributed by atoms with Crippen molar-refractivity contribution in [2.24, 2.45) is 5.41 Å². The fraction of sp³-hybridized carbons (Fsp3) is 0.889. The zero-order valence-electron chi connectivity index (χ0n) is 24.8. The average Bonchev–Trinajstić information content (AvgIpc) is 2.99. The third-order valence-corrected chi connectivity index (χ3v) is 7.13. The van der Waals surface area contributed by atoms with E-state index in [4.69, 9.17) is 14.2 Å². The summed E-state index contributed by atoms with van der Waals surface area (Å²) in [6.45, 7) is 18.4. The summed E-state index contributed by atoms with van der Waals surface area (Å²) in [5.74, 6) is -0.305. The molecule has 3 N–H and O–H groups in total. The average molecular weight is 559 g/mol. The lowest BCUT2D eigenvalue weighted by atomic mass is 9.88. The Hall–Kier alpha value is -1.99. The Morgan fingerprint density at radius 3 is 2.15 bits per heavy atom. The molecule has 2 saturated heterocycles. The topological polar surface area (TPSA) is 125 Å². The number of esters is 1. The molecule has 0 bridgehead atoms. The van der Waals surface area contributed by atoms with Crippen LogP contribution in [0.25, 0.3) is 0 Å². The van der Waals surface area contributed by atoms with Crippen molar-refractivity contribution in [1.29, 1.82) is 0 Å². The molecule has 2 aliphatic rings. The summed E-state index contributed by atoms with van der Waals surface area (Å²) in [5, 5.41) is 9.60. The second-order valence-corrected chi connectivity index (χ2v) is 10.1. The highest BCUT2D eigenvalue weighted by molar-refractivity contribution is 5.69. The fourth-order valence-electron chi connectivity index (χ4n) is 4.30. The van der Waals surface area contributed by atoms with Gasteiger partial charge in [0.05, 0.1) is 11.8 Å². The molecule has 2 heterocycles. The van der Waals surface area contributed by atoms with Crippen molar-refractivity contribution >= 4 is 18.5 Å². The number of rotatable bonds is 17. The van der Waals surface area contributed by atoms with Crippen LogP contribution in [0.1, 0.15) is 40.0 Å². The number of piperazine rings is 2. The Kier molecular flexibility index (Phi) is 19.6. The van der Waals surface area contributed by atoms with Crippen LogP contribution in [0, 0.1) is 5.41 Å². The molecule has 0 saturated carbocycles. The molecule has 0 aliphatic carbocycles. The summed E-state index contributed by atoms with van der Waals surface area (Å²) in [6.07, 6.45) is 1.69. The predicted octanol–water partition coefficient (Wildman–Crippen LogP) is 0.374. The van der Waals surface area contributed by atoms with Crippen molar-refractivity contribution in [2.45, 2.75) is 40.0 Å². The minimum absolute atomic E-state index is 0.0190. The van der Waals surface area contributed by atoms with Crippen molar-refractivity contribution in [3.63, 3.8) is 0 Å². The first-order valence-corrected chi connectivity index (χ1v) is 14.6. The second-order valence-electron chi connectivity index (χ2n) is 10.1. The molecule has 1 amide bonds. The van der Waals surface area contributed by atoms with Crippen LogP contribution in [0.2, 0.25) is 0 Å². The first-order chi connectivity index (χ1) is 18.9. The number of ether oxygens (including phenoxy) is 3. The molecule has 0 aromatic carbocycles. The summed E-state index contributed by atoms with van der Waals surface area (Å²) in [4.78, 5) is 41.5. The highest BCUT2D eigenvalue weighted by Crippen LogP contribution is 2.24. The van der Waals surface area contributed by atoms with E-state index in [9.17, 15) is 14.4 Å². The molecule has 0 spiro atoms. The third-order valence-electron chi connectivity index (χ3n) is 7.13. The van der Waals surface area contributed by atoms with Gasteiger partial charge in [-0.05, 0) is 33.0 Å². The van der Waals surface area contributed by atoms with Gasteiger partial charge >= 0.3 is 12.1 Å². The van der Waals surface area contributed by atoms with E-state index in [2.05, 4.69) is 39.6 Å². The number of carbonyl (C=O) groups excluding carboxylic acids is 3. The fourth-order valence-corrected chi connectivity index (χ4v) is 4.30. The van der Waals surface area contributed by atoms with Crippen LogP contribution in [0.5, 0.6) is 0 Å². The van der Waals surface area contributed by atoms with Crippen LogP contribution in [0.4, 0.5) is 4.79 Å². The molecule has 0 radical (unpaired) electrons. The van der Waals surface area contributed by atoms with Gasteiger partial charge in [-0.3, -0.25) is 9.59 Å². The van der Waals surface area contributed by atoms with Crippen LogP contribution in [-0.2, 0) is 23.8 Å². The number of hydrogen-bond donors (Lipinski definition) is 3. The van der Waals surface area contributed by atoms with Crippen molar-refractivity contribution in [3.05, 3.63) is 0 Å². The summed E-state index contributed by atoms with van der Waals surface area (Å²) < 4.78 is 15.9. The lowest BCUT2D eigenvalue weighted by molar-refractivity contribution is -0.152. The van der Waals surface area contributed by atoms with E-state index in [0.717, 1.165) is 45.8 Å². The molecule has 228 valence electrons. The lowest BCUT2D eigenvalue weighted by Crippen LogP contribution is -2.48. The monoisotopic (exact) mass is 558 g/mol. The summed E-state index contributed by atoms with van der Waals surface area (Å²) in [7, 11) is 2.00. The zero-order valence-corrected chi connectivity index (χ0v) is 24.8. The molecule has 2 fully saturated rings. The standard InChI is InChI=1S/C19H34N4O6.C8H20N2/c1-2-19(13-27-16-24,15-29-18(26)23-11-6-21-7-12-23)14-28-17(25)3-8-22-9-4-20-5-10-22;1-4-7-10(5-2)8-6-9-3/h16,20-21H,2-15H2,1H3;9H,4-8H2,1-3H3. The van der Waals surface area contributed by atoms with Crippen molar-refractivity contribution in [1.82, 2.24) is 30.7 Å². The Balaban J connectivity index is 0.000000646. The summed E-state index contributed by atoms with van der Waals surface area (Å²) in [5.41, 5.74) is -0.755. The van der Waals surface area contributed by atoms with Gasteiger partial charge in [-0.25, -0.2) is 4.79 Å². The van der Waals surface area contributed by atoms with Crippen LogP contribution in [0.3, 0.4) is 0 Å². The Bertz CT molecular complexity index is 661. The molecule has 12 heteroatoms. The van der Waals surface area contributed by atoms with Gasteiger partial charge in [0.1, 0.15) is 19.8 Å². The van der Waals surface area contributed by atoms with Gasteiger partial charge in [0.2, 0.25) is 0 Å². The highest BCUT2D eigenvalue weighted by atomic mass is 16.6. The minimum Gasteiger partial charge on any atom is -0.467 e. The number of hydrogen-bond acceptors (Lipinski definition) is 11. The molecule has 1 atom stereocenters. The van der Waals surface area contributed by atoms with E-state index in [1.54, 1.807) is 4.90 Å². The molecule has 39 heavy (non-hydrogen) atoms. The number of nitrogens with zero attached hydrogens (tertiary/aromatic N) is 3. The summed E-state index contributed by atoms with van der Waals surface area (Å²) in [6, 6.07) is 0. The SMILES string of the molecule is CCC(COC=O)(COC(=O)CCN1CCNCC1)COC(=O)N1CCNCC1.CCCN(CC)CCNC. The number of carbonyl (C=O) groups is 3. The zero-order chi connectivity index (χ0) is 28.8. The Morgan fingerprint density at radius 1 is 0.949 bits per heavy atom. The van der Waals surface area contributed by atoms with Crippen molar-refractivity contribution in [2.75, 3.05) is 112 Å². The van der Waals surface area contributed by atoms with Gasteiger partial charge in [0, 0.05) is 72.0 Å². The van der Waals surface area contributed by atoms with Crippen molar-refractivity contribution < 1.29 is 28.6 Å². The van der Waals surface area contributed by atoms with Gasteiger partial charge in [0.15, 0.2) is 0 Å². The maximum atomic E-state index is 12.3. The van der Waals surface area contributed by atoms with Crippen LogP contribution >= 0.6 is 0 Å². The van der Waals surface area contributed by atoms with Gasteiger partial charge < -0.3 is 44.9 Å². The molecular formula is C27H54N6O6. The molecule has 0 aromatic heterocycles. The molecule has 2 rings (SSSR count). The normalized spacial score (nSPS) is 17.5. The van der Waals surface area contributed by atoms with E-state index >= 15 is 0 Å². The highest BCUT2D eigenvalue weighted by Gasteiger charge is 2.34. The van der Waals surface area contributed by atoms with Gasteiger partial charge in [-0.15, -0.1) is 0 Å². The van der Waals surface area contributed by atoms with Gasteiger partial charge in [0.25, 0.3) is 6.47 Å². The van der Waals surface area contributed by atoms with Crippen LogP contribution in [-0.4, -0.2) is 145 Å². The number of amides is 1. The quantitative estimate of drug-likeness (QED) is 0.130. The van der Waals surface area contributed by atoms with E-state index in [1.165, 1.54) is 26.1 Å². The van der Waals surface area contributed by atoms with Crippen molar-refractivity contribution in [3.8, 4) is 0 Å². The van der Waals surface area contributed by atoms with E-state index in [1.807, 2.05) is 14.0 Å². The summed E-state index contributed by atoms with van der Waals surface area (Å²) >= 11 is 0. The third kappa shape index (κ3) is 15.4. The molecule has 12 nitrogen and oxygen atoms in total. The largest absolute Gasteiger partial charge is 0.467 e. The maximum absolute atomic E-state index is 12.3. The first-order valence-electron chi connectivity index (χ1n) is 14.6. The maximum Gasteiger partial charge on any atom is 0.409 e. The Labute approximate surface area is 235 Å². The molecule has 0 aromatic rings. The second kappa shape index (κ2) is 21.8. The Morgan fingerprint density at radius 2 is 1.59 bits per heavy atom. The number of nitrogens with one attached hydrogen (secondary N) is 3. The van der Waals surface area contributed by atoms with E-state index < -0.39 is 11.5 Å². The van der Waals surface area contributed by atoms with Crippen LogP contribution < -0.4 is 16.0 Å². The van der Waals surface area contributed by atoms with Gasteiger partial charge in [-0.1, -0.05) is 20.8 Å². The predicted molar refractivity (Wildman–Crippen MR) is 152 cm³/mol. The number of likely N-dealkylation sites (N-methyl/N-ethyl adjacent to an activating group) is 2. The van der Waals surface area contributed by atoms with E-state index in [0.29, 0.717) is 38.9 Å². The van der Waals surface area contributed by atoms with Gasteiger partial charge in [-0.2, -0.15) is 0 Å². The smallest absolute Gasteiger partial charge is 0.409 e. The lowest BCUT2D eigenvalue weighted by Gasteiger charge is -2.33. The van der Waals surface area contributed by atoms with Crippen LogP contribution in [0.15, 0.2) is 0 Å². The minimum atomic E-state index is -0.755. The molecular weight excluding hydrogens is 504 g/mol. The molecule has 1 unspecified atom stereocenters. The van der Waals surface area contributed by atoms with E-state index in [-0.39, 0.29) is 25.8 Å². The first kappa shape index (κ1) is 35.0. The molecule has 2 aliphatic heterocycles.